The highest BCUT2D eigenvalue weighted by Crippen LogP contribution is 2.15. The molecule has 0 spiro atoms. The number of aryl methyl sites for hydroxylation is 1. The van der Waals surface area contributed by atoms with Crippen molar-refractivity contribution in [3.8, 4) is 5.75 Å². The van der Waals surface area contributed by atoms with Gasteiger partial charge in [-0.2, -0.15) is 0 Å². The first-order valence-corrected chi connectivity index (χ1v) is 9.49. The van der Waals surface area contributed by atoms with Crippen LogP contribution in [0.5, 0.6) is 5.75 Å². The van der Waals surface area contributed by atoms with Crippen LogP contribution in [0.15, 0.2) is 53.5 Å². The van der Waals surface area contributed by atoms with E-state index in [0.717, 1.165) is 25.5 Å². The average Bonchev–Trinajstić information content (AvgIpc) is 2.69. The van der Waals surface area contributed by atoms with E-state index in [1.807, 2.05) is 24.3 Å². The van der Waals surface area contributed by atoms with Gasteiger partial charge in [0.25, 0.3) is 5.91 Å². The van der Waals surface area contributed by atoms with Crippen LogP contribution in [-0.4, -0.2) is 38.6 Å². The van der Waals surface area contributed by atoms with E-state index >= 15 is 0 Å². The van der Waals surface area contributed by atoms with Gasteiger partial charge in [-0.15, -0.1) is 0 Å². The molecule has 28 heavy (non-hydrogen) atoms. The van der Waals surface area contributed by atoms with Crippen molar-refractivity contribution < 1.29 is 9.53 Å². The van der Waals surface area contributed by atoms with Gasteiger partial charge in [-0.05, 0) is 42.5 Å². The number of carbonyl (C=O) groups excluding carboxylic acids is 1. The Morgan fingerprint density at radius 3 is 2.57 bits per heavy atom. The molecule has 4 N–H and O–H groups in total. The first-order valence-electron chi connectivity index (χ1n) is 9.49. The van der Waals surface area contributed by atoms with Gasteiger partial charge >= 0.3 is 0 Å². The van der Waals surface area contributed by atoms with Crippen molar-refractivity contribution in [2.24, 2.45) is 10.7 Å². The second-order valence-electron chi connectivity index (χ2n) is 6.84. The minimum atomic E-state index is -0.483. The van der Waals surface area contributed by atoms with E-state index in [9.17, 15) is 4.79 Å². The summed E-state index contributed by atoms with van der Waals surface area (Å²) in [5, 5.41) is 6.72. The monoisotopic (exact) mass is 382 g/mol. The Kier molecular flexibility index (Phi) is 8.34. The minimum absolute atomic E-state index is 0.107. The van der Waals surface area contributed by atoms with Crippen LogP contribution in [0.25, 0.3) is 0 Å². The van der Waals surface area contributed by atoms with E-state index in [1.165, 1.54) is 16.7 Å². The van der Waals surface area contributed by atoms with Crippen LogP contribution in [-0.2, 0) is 11.2 Å². The predicted octanol–water partition coefficient (Wildman–Crippen LogP) is 2.37. The van der Waals surface area contributed by atoms with Gasteiger partial charge in [0.15, 0.2) is 12.6 Å². The molecule has 0 saturated carbocycles. The number of guanidine groups is 1. The number of rotatable bonds is 9. The Morgan fingerprint density at radius 2 is 1.93 bits per heavy atom. The standard InChI is InChI=1S/C22H30N4O2/c1-16-5-4-6-19(13-16)17(2)14-26-22(24-3)25-12-11-18-7-9-20(10-8-18)28-15-21(23)27/h4-10,13,17H,11-12,14-15H2,1-3H3,(H2,23,27)(H2,24,25,26). The number of aliphatic imine (C=N–C) groups is 1. The zero-order valence-corrected chi connectivity index (χ0v) is 16.9. The number of nitrogens with one attached hydrogen (secondary N) is 2. The van der Waals surface area contributed by atoms with Gasteiger partial charge in [0.05, 0.1) is 0 Å². The van der Waals surface area contributed by atoms with Crippen LogP contribution >= 0.6 is 0 Å². The SMILES string of the molecule is CN=C(NCCc1ccc(OCC(N)=O)cc1)NCC(C)c1cccc(C)c1. The lowest BCUT2D eigenvalue weighted by molar-refractivity contribution is -0.119. The highest BCUT2D eigenvalue weighted by Gasteiger charge is 2.07. The molecule has 6 nitrogen and oxygen atoms in total. The van der Waals surface area contributed by atoms with E-state index < -0.39 is 5.91 Å². The van der Waals surface area contributed by atoms with Gasteiger partial charge in [0.1, 0.15) is 5.75 Å². The largest absolute Gasteiger partial charge is 0.484 e. The Labute approximate surface area is 167 Å². The summed E-state index contributed by atoms with van der Waals surface area (Å²) in [6, 6.07) is 16.2. The molecule has 0 aliphatic carbocycles. The van der Waals surface area contributed by atoms with Crippen molar-refractivity contribution >= 4 is 11.9 Å². The molecule has 0 bridgehead atoms. The zero-order chi connectivity index (χ0) is 20.4. The fourth-order valence-electron chi connectivity index (χ4n) is 2.80. The molecule has 0 aromatic heterocycles. The molecule has 2 rings (SSSR count). The van der Waals surface area contributed by atoms with Gasteiger partial charge in [0, 0.05) is 20.1 Å². The Hall–Kier alpha value is -3.02. The number of ether oxygens (including phenoxy) is 1. The highest BCUT2D eigenvalue weighted by atomic mass is 16.5. The molecule has 1 atom stereocenters. The highest BCUT2D eigenvalue weighted by molar-refractivity contribution is 5.79. The Bertz CT molecular complexity index is 787. The molecule has 0 fully saturated rings. The molecular weight excluding hydrogens is 352 g/mol. The third kappa shape index (κ3) is 7.31. The first-order chi connectivity index (χ1) is 13.5. The Morgan fingerprint density at radius 1 is 1.18 bits per heavy atom. The fourth-order valence-corrected chi connectivity index (χ4v) is 2.80. The number of primary amides is 1. The van der Waals surface area contributed by atoms with Crippen molar-refractivity contribution in [2.75, 3.05) is 26.7 Å². The van der Waals surface area contributed by atoms with Gasteiger partial charge in [-0.25, -0.2) is 0 Å². The van der Waals surface area contributed by atoms with E-state index in [2.05, 4.69) is 53.7 Å². The quantitative estimate of drug-likeness (QED) is 0.459. The maximum absolute atomic E-state index is 10.7. The molecule has 2 aromatic rings. The van der Waals surface area contributed by atoms with Crippen molar-refractivity contribution in [3.05, 3.63) is 65.2 Å². The summed E-state index contributed by atoms with van der Waals surface area (Å²) in [6.45, 7) is 5.79. The average molecular weight is 383 g/mol. The van der Waals surface area contributed by atoms with Crippen LogP contribution in [0.2, 0.25) is 0 Å². The van der Waals surface area contributed by atoms with Gasteiger partial charge in [-0.3, -0.25) is 9.79 Å². The zero-order valence-electron chi connectivity index (χ0n) is 16.9. The molecule has 1 unspecified atom stereocenters. The molecule has 1 amide bonds. The molecule has 0 aliphatic heterocycles. The molecule has 2 aromatic carbocycles. The maximum atomic E-state index is 10.7. The summed E-state index contributed by atoms with van der Waals surface area (Å²) in [4.78, 5) is 15.0. The van der Waals surface area contributed by atoms with Crippen molar-refractivity contribution in [2.45, 2.75) is 26.2 Å². The van der Waals surface area contributed by atoms with E-state index in [1.54, 1.807) is 7.05 Å². The number of amides is 1. The summed E-state index contributed by atoms with van der Waals surface area (Å²) in [5.41, 5.74) is 8.84. The van der Waals surface area contributed by atoms with E-state index in [4.69, 9.17) is 10.5 Å². The number of benzene rings is 2. The molecule has 0 saturated heterocycles. The number of carbonyl (C=O) groups is 1. The molecule has 0 radical (unpaired) electrons. The lowest BCUT2D eigenvalue weighted by Crippen LogP contribution is -2.39. The van der Waals surface area contributed by atoms with Crippen LogP contribution in [0.1, 0.15) is 29.5 Å². The van der Waals surface area contributed by atoms with Gasteiger partial charge in [-0.1, -0.05) is 48.9 Å². The third-order valence-corrected chi connectivity index (χ3v) is 4.42. The normalized spacial score (nSPS) is 12.3. The second kappa shape index (κ2) is 11.0. The lowest BCUT2D eigenvalue weighted by atomic mass is 9.99. The minimum Gasteiger partial charge on any atom is -0.484 e. The summed E-state index contributed by atoms with van der Waals surface area (Å²) in [5.74, 6) is 1.34. The number of nitrogens with two attached hydrogens (primary N) is 1. The van der Waals surface area contributed by atoms with Crippen molar-refractivity contribution in [1.29, 1.82) is 0 Å². The molecule has 6 heteroatoms. The number of nitrogens with zero attached hydrogens (tertiary/aromatic N) is 1. The third-order valence-electron chi connectivity index (χ3n) is 4.42. The van der Waals surface area contributed by atoms with E-state index in [-0.39, 0.29) is 6.61 Å². The van der Waals surface area contributed by atoms with Gasteiger partial charge in [0.2, 0.25) is 0 Å². The predicted molar refractivity (Wildman–Crippen MR) is 114 cm³/mol. The molecule has 0 heterocycles. The van der Waals surface area contributed by atoms with Crippen LogP contribution in [0.3, 0.4) is 0 Å². The maximum Gasteiger partial charge on any atom is 0.255 e. The van der Waals surface area contributed by atoms with Crippen molar-refractivity contribution in [1.82, 2.24) is 10.6 Å². The molecule has 150 valence electrons. The topological polar surface area (TPSA) is 88.7 Å². The van der Waals surface area contributed by atoms with Crippen molar-refractivity contribution in [3.63, 3.8) is 0 Å². The molecular formula is C22H30N4O2. The summed E-state index contributed by atoms with van der Waals surface area (Å²) >= 11 is 0. The van der Waals surface area contributed by atoms with Crippen LogP contribution in [0, 0.1) is 6.92 Å². The number of hydrogen-bond acceptors (Lipinski definition) is 3. The Balaban J connectivity index is 1.74. The fraction of sp³-hybridized carbons (Fsp3) is 0.364. The molecule has 0 aliphatic rings. The van der Waals surface area contributed by atoms with Gasteiger partial charge < -0.3 is 21.1 Å². The first kappa shape index (κ1) is 21.3. The summed E-state index contributed by atoms with van der Waals surface area (Å²) < 4.78 is 5.26. The lowest BCUT2D eigenvalue weighted by Gasteiger charge is -2.17. The second-order valence-corrected chi connectivity index (χ2v) is 6.84. The van der Waals surface area contributed by atoms with E-state index in [0.29, 0.717) is 11.7 Å². The summed E-state index contributed by atoms with van der Waals surface area (Å²) in [6.07, 6.45) is 0.851. The summed E-state index contributed by atoms with van der Waals surface area (Å²) in [7, 11) is 1.78. The van der Waals surface area contributed by atoms with Crippen LogP contribution in [0.4, 0.5) is 0 Å². The smallest absolute Gasteiger partial charge is 0.255 e. The number of hydrogen-bond donors (Lipinski definition) is 3. The van der Waals surface area contributed by atoms with Crippen LogP contribution < -0.4 is 21.1 Å².